The van der Waals surface area contributed by atoms with Gasteiger partial charge in [0.25, 0.3) is 0 Å². The minimum atomic E-state index is 0.760. The monoisotopic (exact) mass is 238 g/mol. The normalized spacial score (nSPS) is 10.8. The summed E-state index contributed by atoms with van der Waals surface area (Å²) in [5.74, 6) is 0.760. The van der Waals surface area contributed by atoms with Crippen molar-refractivity contribution in [1.29, 1.82) is 0 Å². The number of aryl methyl sites for hydroxylation is 2. The molecule has 0 radical (unpaired) electrons. The van der Waals surface area contributed by atoms with Crippen LogP contribution in [0.1, 0.15) is 11.1 Å². The van der Waals surface area contributed by atoms with E-state index in [0.29, 0.717) is 0 Å². The van der Waals surface area contributed by atoms with Gasteiger partial charge in [0.1, 0.15) is 5.52 Å². The van der Waals surface area contributed by atoms with Gasteiger partial charge in [-0.3, -0.25) is 10.1 Å². The van der Waals surface area contributed by atoms with Crippen LogP contribution in [0.4, 0.5) is 11.5 Å². The fraction of sp³-hybridized carbons (Fsp3) is 0.143. The molecule has 2 aromatic heterocycles. The maximum absolute atomic E-state index is 4.33. The molecule has 0 amide bonds. The lowest BCUT2D eigenvalue weighted by molar-refractivity contribution is 1.12. The molecule has 2 N–H and O–H groups in total. The third-order valence-electron chi connectivity index (χ3n) is 2.80. The highest BCUT2D eigenvalue weighted by atomic mass is 15.2. The van der Waals surface area contributed by atoms with E-state index in [-0.39, 0.29) is 0 Å². The van der Waals surface area contributed by atoms with Crippen molar-refractivity contribution in [3.05, 3.63) is 47.7 Å². The van der Waals surface area contributed by atoms with Crippen molar-refractivity contribution in [1.82, 2.24) is 15.2 Å². The maximum atomic E-state index is 4.33. The molecule has 0 fully saturated rings. The third kappa shape index (κ3) is 1.93. The highest BCUT2D eigenvalue weighted by molar-refractivity contribution is 5.87. The number of pyridine rings is 1. The second-order valence-corrected chi connectivity index (χ2v) is 4.47. The van der Waals surface area contributed by atoms with E-state index in [1.165, 1.54) is 11.1 Å². The van der Waals surface area contributed by atoms with Crippen LogP contribution in [0.15, 0.2) is 36.5 Å². The summed E-state index contributed by atoms with van der Waals surface area (Å²) >= 11 is 0. The highest BCUT2D eigenvalue weighted by Gasteiger charge is 2.06. The second-order valence-electron chi connectivity index (χ2n) is 4.47. The van der Waals surface area contributed by atoms with Gasteiger partial charge in [-0.05, 0) is 49.2 Å². The molecule has 0 aliphatic rings. The zero-order valence-corrected chi connectivity index (χ0v) is 10.4. The number of anilines is 2. The first-order chi connectivity index (χ1) is 8.72. The molecule has 0 saturated heterocycles. The van der Waals surface area contributed by atoms with Gasteiger partial charge >= 0.3 is 0 Å². The first kappa shape index (κ1) is 10.8. The standard InChI is InChI=1S/C14H14N4/c1-9-6-10(2)8-11(7-9)16-14-13-12(17-18-14)4-3-5-15-13/h3-8H,1-2H3,(H2,16,17,18). The number of H-pyrrole nitrogens is 1. The van der Waals surface area contributed by atoms with Crippen LogP contribution >= 0.6 is 0 Å². The predicted molar refractivity (Wildman–Crippen MR) is 73.1 cm³/mol. The number of hydrogen-bond donors (Lipinski definition) is 2. The SMILES string of the molecule is Cc1cc(C)cc(Nc2n[nH]c3cccnc23)c1. The largest absolute Gasteiger partial charge is 0.337 e. The van der Waals surface area contributed by atoms with Crippen molar-refractivity contribution in [2.45, 2.75) is 13.8 Å². The van der Waals surface area contributed by atoms with Gasteiger partial charge < -0.3 is 5.32 Å². The van der Waals surface area contributed by atoms with Crippen LogP contribution in [0.25, 0.3) is 11.0 Å². The number of hydrogen-bond acceptors (Lipinski definition) is 3. The Labute approximate surface area is 105 Å². The Balaban J connectivity index is 2.01. The highest BCUT2D eigenvalue weighted by Crippen LogP contribution is 2.23. The fourth-order valence-corrected chi connectivity index (χ4v) is 2.12. The van der Waals surface area contributed by atoms with Crippen LogP contribution in [0.3, 0.4) is 0 Å². The van der Waals surface area contributed by atoms with Gasteiger partial charge in [-0.2, -0.15) is 5.10 Å². The molecule has 0 unspecified atom stereocenters. The first-order valence-corrected chi connectivity index (χ1v) is 5.87. The summed E-state index contributed by atoms with van der Waals surface area (Å²) in [7, 11) is 0. The Kier molecular flexibility index (Phi) is 2.48. The van der Waals surface area contributed by atoms with Crippen molar-refractivity contribution >= 4 is 22.5 Å². The van der Waals surface area contributed by atoms with E-state index < -0.39 is 0 Å². The third-order valence-corrected chi connectivity index (χ3v) is 2.80. The van der Waals surface area contributed by atoms with E-state index in [9.17, 15) is 0 Å². The summed E-state index contributed by atoms with van der Waals surface area (Å²) in [6, 6.07) is 10.2. The first-order valence-electron chi connectivity index (χ1n) is 5.87. The van der Waals surface area contributed by atoms with Gasteiger partial charge in [0.05, 0.1) is 5.52 Å². The molecule has 0 aliphatic carbocycles. The summed E-state index contributed by atoms with van der Waals surface area (Å²) in [5.41, 5.74) is 5.28. The number of rotatable bonds is 2. The average Bonchev–Trinajstić information content (AvgIpc) is 2.72. The van der Waals surface area contributed by atoms with Gasteiger partial charge in [-0.15, -0.1) is 0 Å². The number of fused-ring (bicyclic) bond motifs is 1. The zero-order valence-electron chi connectivity index (χ0n) is 10.4. The molecule has 4 nitrogen and oxygen atoms in total. The molecule has 4 heteroatoms. The van der Waals surface area contributed by atoms with Gasteiger partial charge in [-0.1, -0.05) is 6.07 Å². The van der Waals surface area contributed by atoms with E-state index in [1.807, 2.05) is 12.1 Å². The van der Waals surface area contributed by atoms with Crippen molar-refractivity contribution < 1.29 is 0 Å². The minimum Gasteiger partial charge on any atom is -0.337 e. The van der Waals surface area contributed by atoms with Crippen LogP contribution in [0.2, 0.25) is 0 Å². The van der Waals surface area contributed by atoms with Crippen LogP contribution in [0, 0.1) is 13.8 Å². The number of nitrogens with one attached hydrogen (secondary N) is 2. The molecule has 0 saturated carbocycles. The number of aromatic nitrogens is 3. The number of nitrogens with zero attached hydrogens (tertiary/aromatic N) is 2. The summed E-state index contributed by atoms with van der Waals surface area (Å²) in [4.78, 5) is 4.33. The van der Waals surface area contributed by atoms with E-state index in [0.717, 1.165) is 22.5 Å². The molecule has 3 aromatic rings. The Bertz CT molecular complexity index is 680. The number of aromatic amines is 1. The van der Waals surface area contributed by atoms with Gasteiger partial charge in [0, 0.05) is 11.9 Å². The molecule has 0 bridgehead atoms. The summed E-state index contributed by atoms with van der Waals surface area (Å²) in [6.07, 6.45) is 1.77. The summed E-state index contributed by atoms with van der Waals surface area (Å²) < 4.78 is 0. The van der Waals surface area contributed by atoms with E-state index >= 15 is 0 Å². The zero-order chi connectivity index (χ0) is 12.5. The Morgan fingerprint density at radius 2 is 1.89 bits per heavy atom. The van der Waals surface area contributed by atoms with E-state index in [4.69, 9.17) is 0 Å². The average molecular weight is 238 g/mol. The predicted octanol–water partition coefficient (Wildman–Crippen LogP) is 3.32. The smallest absolute Gasteiger partial charge is 0.178 e. The molecule has 18 heavy (non-hydrogen) atoms. The summed E-state index contributed by atoms with van der Waals surface area (Å²) in [6.45, 7) is 4.16. The quantitative estimate of drug-likeness (QED) is 0.720. The van der Waals surface area contributed by atoms with Crippen LogP contribution in [0.5, 0.6) is 0 Å². The topological polar surface area (TPSA) is 53.6 Å². The Morgan fingerprint density at radius 1 is 1.11 bits per heavy atom. The maximum Gasteiger partial charge on any atom is 0.178 e. The van der Waals surface area contributed by atoms with Crippen molar-refractivity contribution in [3.63, 3.8) is 0 Å². The van der Waals surface area contributed by atoms with Crippen LogP contribution < -0.4 is 5.32 Å². The lowest BCUT2D eigenvalue weighted by atomic mass is 10.1. The van der Waals surface area contributed by atoms with Crippen molar-refractivity contribution in [2.24, 2.45) is 0 Å². The molecule has 0 spiro atoms. The van der Waals surface area contributed by atoms with Crippen LogP contribution in [-0.2, 0) is 0 Å². The molecule has 3 rings (SSSR count). The lowest BCUT2D eigenvalue weighted by Gasteiger charge is -2.06. The Morgan fingerprint density at radius 3 is 2.67 bits per heavy atom. The molecule has 0 aliphatic heterocycles. The Hall–Kier alpha value is -2.36. The van der Waals surface area contributed by atoms with E-state index in [1.54, 1.807) is 6.20 Å². The van der Waals surface area contributed by atoms with Gasteiger partial charge in [-0.25, -0.2) is 0 Å². The molecular weight excluding hydrogens is 224 g/mol. The van der Waals surface area contributed by atoms with Gasteiger partial charge in [0.2, 0.25) is 0 Å². The van der Waals surface area contributed by atoms with E-state index in [2.05, 4.69) is 52.5 Å². The van der Waals surface area contributed by atoms with Crippen molar-refractivity contribution in [2.75, 3.05) is 5.32 Å². The molecule has 90 valence electrons. The lowest BCUT2D eigenvalue weighted by Crippen LogP contribution is -1.93. The minimum absolute atomic E-state index is 0.760. The molecule has 2 heterocycles. The van der Waals surface area contributed by atoms with Crippen molar-refractivity contribution in [3.8, 4) is 0 Å². The second kappa shape index (κ2) is 4.14. The summed E-state index contributed by atoms with van der Waals surface area (Å²) in [5, 5.41) is 10.5. The number of benzene rings is 1. The molecular formula is C14H14N4. The molecule has 1 aromatic carbocycles. The van der Waals surface area contributed by atoms with Gasteiger partial charge in [0.15, 0.2) is 5.82 Å². The van der Waals surface area contributed by atoms with Crippen LogP contribution in [-0.4, -0.2) is 15.2 Å². The molecule has 0 atom stereocenters. The fourth-order valence-electron chi connectivity index (χ4n) is 2.12.